The predicted octanol–water partition coefficient (Wildman–Crippen LogP) is 2.02. The standard InChI is InChI=1S/C14H15N3O2S2/c1-9-5-6-13(12(7-9)14(15)20)17-10-3-2-4-11(8-10)21(16,18)19/h2-8,17H,1H3,(H2,15,20)(H2,16,18,19). The molecular formula is C14H15N3O2S2. The molecule has 0 aliphatic rings. The Morgan fingerprint density at radius 1 is 1.19 bits per heavy atom. The summed E-state index contributed by atoms with van der Waals surface area (Å²) in [6.45, 7) is 1.94. The third-order valence-corrected chi connectivity index (χ3v) is 4.01. The Labute approximate surface area is 129 Å². The van der Waals surface area contributed by atoms with Gasteiger partial charge in [-0.2, -0.15) is 0 Å². The van der Waals surface area contributed by atoms with Crippen LogP contribution in [0, 0.1) is 6.92 Å². The third-order valence-electron chi connectivity index (χ3n) is 2.88. The first-order chi connectivity index (χ1) is 9.77. The van der Waals surface area contributed by atoms with Crippen molar-refractivity contribution in [1.29, 1.82) is 0 Å². The summed E-state index contributed by atoms with van der Waals surface area (Å²) in [6.07, 6.45) is 0. The van der Waals surface area contributed by atoms with Crippen LogP contribution in [0.2, 0.25) is 0 Å². The molecule has 0 saturated heterocycles. The summed E-state index contributed by atoms with van der Waals surface area (Å²) >= 11 is 5.03. The number of benzene rings is 2. The second-order valence-corrected chi connectivity index (χ2v) is 6.61. The number of thiocarbonyl (C=S) groups is 1. The van der Waals surface area contributed by atoms with Crippen LogP contribution in [-0.4, -0.2) is 13.4 Å². The van der Waals surface area contributed by atoms with Gasteiger partial charge in [0.15, 0.2) is 0 Å². The zero-order valence-electron chi connectivity index (χ0n) is 11.3. The average molecular weight is 321 g/mol. The lowest BCUT2D eigenvalue weighted by Crippen LogP contribution is -2.13. The molecule has 0 aromatic heterocycles. The normalized spacial score (nSPS) is 11.1. The molecule has 0 fully saturated rings. The molecule has 0 bridgehead atoms. The Morgan fingerprint density at radius 2 is 1.90 bits per heavy atom. The molecule has 0 aliphatic heterocycles. The van der Waals surface area contributed by atoms with E-state index >= 15 is 0 Å². The fraction of sp³-hybridized carbons (Fsp3) is 0.0714. The number of rotatable bonds is 4. The van der Waals surface area contributed by atoms with Crippen molar-refractivity contribution in [2.24, 2.45) is 10.9 Å². The minimum absolute atomic E-state index is 0.0384. The molecule has 7 heteroatoms. The zero-order valence-corrected chi connectivity index (χ0v) is 13.0. The van der Waals surface area contributed by atoms with E-state index < -0.39 is 10.0 Å². The first-order valence-corrected chi connectivity index (χ1v) is 8.03. The van der Waals surface area contributed by atoms with Crippen molar-refractivity contribution in [3.63, 3.8) is 0 Å². The van der Waals surface area contributed by atoms with Gasteiger partial charge in [-0.15, -0.1) is 0 Å². The van der Waals surface area contributed by atoms with E-state index in [1.165, 1.54) is 12.1 Å². The van der Waals surface area contributed by atoms with E-state index in [4.69, 9.17) is 23.1 Å². The summed E-state index contributed by atoms with van der Waals surface area (Å²) < 4.78 is 22.7. The molecule has 0 unspecified atom stereocenters. The maximum atomic E-state index is 11.4. The van der Waals surface area contributed by atoms with E-state index in [0.717, 1.165) is 5.56 Å². The highest BCUT2D eigenvalue weighted by molar-refractivity contribution is 7.89. The van der Waals surface area contributed by atoms with Crippen LogP contribution in [0.15, 0.2) is 47.4 Å². The van der Waals surface area contributed by atoms with Crippen LogP contribution in [0.5, 0.6) is 0 Å². The number of nitrogens with one attached hydrogen (secondary N) is 1. The van der Waals surface area contributed by atoms with Gasteiger partial charge in [-0.1, -0.05) is 29.9 Å². The van der Waals surface area contributed by atoms with Crippen LogP contribution >= 0.6 is 12.2 Å². The van der Waals surface area contributed by atoms with E-state index in [-0.39, 0.29) is 9.88 Å². The summed E-state index contributed by atoms with van der Waals surface area (Å²) in [6, 6.07) is 11.9. The Hall–Kier alpha value is -1.96. The summed E-state index contributed by atoms with van der Waals surface area (Å²) in [5.74, 6) is 0. The highest BCUT2D eigenvalue weighted by atomic mass is 32.2. The summed E-state index contributed by atoms with van der Waals surface area (Å²) in [7, 11) is -3.74. The van der Waals surface area contributed by atoms with Gasteiger partial charge in [-0.05, 0) is 37.3 Å². The third kappa shape index (κ3) is 3.78. The second kappa shape index (κ2) is 5.80. The van der Waals surface area contributed by atoms with Crippen molar-refractivity contribution in [3.05, 3.63) is 53.6 Å². The van der Waals surface area contributed by atoms with Gasteiger partial charge in [0.1, 0.15) is 4.99 Å². The average Bonchev–Trinajstić information content (AvgIpc) is 2.40. The molecule has 0 heterocycles. The Kier molecular flexibility index (Phi) is 4.26. The molecule has 0 amide bonds. The minimum atomic E-state index is -3.74. The van der Waals surface area contributed by atoms with Gasteiger partial charge in [0.2, 0.25) is 10.0 Å². The smallest absolute Gasteiger partial charge is 0.238 e. The van der Waals surface area contributed by atoms with Crippen molar-refractivity contribution < 1.29 is 8.42 Å². The number of hydrogen-bond donors (Lipinski definition) is 3. The SMILES string of the molecule is Cc1ccc(Nc2cccc(S(N)(=O)=O)c2)c(C(N)=S)c1. The minimum Gasteiger partial charge on any atom is -0.389 e. The van der Waals surface area contributed by atoms with Crippen LogP contribution in [0.3, 0.4) is 0 Å². The summed E-state index contributed by atoms with van der Waals surface area (Å²) in [4.78, 5) is 0.306. The largest absolute Gasteiger partial charge is 0.389 e. The fourth-order valence-corrected chi connectivity index (χ4v) is 2.61. The van der Waals surface area contributed by atoms with Gasteiger partial charge in [-0.3, -0.25) is 0 Å². The Morgan fingerprint density at radius 3 is 2.52 bits per heavy atom. The Balaban J connectivity index is 2.41. The number of sulfonamides is 1. The monoisotopic (exact) mass is 321 g/mol. The molecule has 0 saturated carbocycles. The van der Waals surface area contributed by atoms with E-state index in [9.17, 15) is 8.42 Å². The molecule has 0 aliphatic carbocycles. The maximum Gasteiger partial charge on any atom is 0.238 e. The number of aryl methyl sites for hydroxylation is 1. The second-order valence-electron chi connectivity index (χ2n) is 4.61. The van der Waals surface area contributed by atoms with Crippen LogP contribution in [-0.2, 0) is 10.0 Å². The molecule has 2 aromatic rings. The number of anilines is 2. The lowest BCUT2D eigenvalue weighted by molar-refractivity contribution is 0.598. The highest BCUT2D eigenvalue weighted by Gasteiger charge is 2.10. The molecule has 0 spiro atoms. The lowest BCUT2D eigenvalue weighted by atomic mass is 10.1. The van der Waals surface area contributed by atoms with Gasteiger partial charge in [0, 0.05) is 16.9 Å². The molecule has 2 rings (SSSR count). The maximum absolute atomic E-state index is 11.4. The van der Waals surface area contributed by atoms with Gasteiger partial charge in [0.05, 0.1) is 4.90 Å². The lowest BCUT2D eigenvalue weighted by Gasteiger charge is -2.12. The molecule has 5 nitrogen and oxygen atoms in total. The molecule has 5 N–H and O–H groups in total. The quantitative estimate of drug-likeness (QED) is 0.748. The van der Waals surface area contributed by atoms with Crippen molar-refractivity contribution in [3.8, 4) is 0 Å². The molecule has 21 heavy (non-hydrogen) atoms. The van der Waals surface area contributed by atoms with Crippen molar-refractivity contribution in [2.45, 2.75) is 11.8 Å². The summed E-state index contributed by atoms with van der Waals surface area (Å²) in [5.41, 5.74) is 8.74. The molecule has 110 valence electrons. The van der Waals surface area contributed by atoms with E-state index in [0.29, 0.717) is 16.9 Å². The van der Waals surface area contributed by atoms with Crippen LogP contribution in [0.4, 0.5) is 11.4 Å². The van der Waals surface area contributed by atoms with E-state index in [1.54, 1.807) is 12.1 Å². The fourth-order valence-electron chi connectivity index (χ4n) is 1.88. The highest BCUT2D eigenvalue weighted by Crippen LogP contribution is 2.23. The predicted molar refractivity (Wildman–Crippen MR) is 88.2 cm³/mol. The number of primary sulfonamides is 1. The van der Waals surface area contributed by atoms with Gasteiger partial charge in [0.25, 0.3) is 0 Å². The zero-order chi connectivity index (χ0) is 15.6. The van der Waals surface area contributed by atoms with Crippen LogP contribution < -0.4 is 16.2 Å². The number of hydrogen-bond acceptors (Lipinski definition) is 4. The van der Waals surface area contributed by atoms with Crippen molar-refractivity contribution >= 4 is 38.6 Å². The molecular weight excluding hydrogens is 306 g/mol. The summed E-state index contributed by atoms with van der Waals surface area (Å²) in [5, 5.41) is 8.23. The molecule has 0 atom stereocenters. The van der Waals surface area contributed by atoms with Gasteiger partial charge < -0.3 is 11.1 Å². The van der Waals surface area contributed by atoms with Gasteiger partial charge >= 0.3 is 0 Å². The first kappa shape index (κ1) is 15.4. The number of nitrogens with two attached hydrogens (primary N) is 2. The van der Waals surface area contributed by atoms with Crippen LogP contribution in [0.1, 0.15) is 11.1 Å². The molecule has 0 radical (unpaired) electrons. The van der Waals surface area contributed by atoms with Crippen molar-refractivity contribution in [1.82, 2.24) is 0 Å². The Bertz CT molecular complexity index is 802. The topological polar surface area (TPSA) is 98.2 Å². The van der Waals surface area contributed by atoms with Crippen molar-refractivity contribution in [2.75, 3.05) is 5.32 Å². The van der Waals surface area contributed by atoms with E-state index in [2.05, 4.69) is 5.32 Å². The van der Waals surface area contributed by atoms with Crippen LogP contribution in [0.25, 0.3) is 0 Å². The van der Waals surface area contributed by atoms with E-state index in [1.807, 2.05) is 25.1 Å². The first-order valence-electron chi connectivity index (χ1n) is 6.08. The molecule has 2 aromatic carbocycles. The van der Waals surface area contributed by atoms with Gasteiger partial charge in [-0.25, -0.2) is 13.6 Å².